The van der Waals surface area contributed by atoms with E-state index < -0.39 is 12.1 Å². The van der Waals surface area contributed by atoms with Crippen molar-refractivity contribution in [2.75, 3.05) is 4.90 Å². The number of fused-ring (bicyclic) bond motifs is 14. The molecule has 332 valence electrons. The van der Waals surface area contributed by atoms with Crippen LogP contribution in [-0.4, -0.2) is 11.3 Å². The van der Waals surface area contributed by atoms with Crippen molar-refractivity contribution < 1.29 is 12.6 Å². The second-order valence-electron chi connectivity index (χ2n) is 19.3. The SMILES string of the molecule is [2H]c1c(Cl)cc2c(c1[2H])B1c3c(c([2H])c(C(C)(C)C)c([2H])c3-n3c4c(-c5ccccc5)cccc4c4ccccc4c4ccccc4c4c(Cl)c([2H])c([2H])c1c43)N2c1ccc(-c2ccccc2)c2c1oc1ccccc12. The van der Waals surface area contributed by atoms with Crippen LogP contribution in [-0.2, 0) is 5.41 Å². The van der Waals surface area contributed by atoms with Crippen LogP contribution >= 0.6 is 23.2 Å². The minimum absolute atomic E-state index is 0.0274. The Hall–Kier alpha value is -7.76. The van der Waals surface area contributed by atoms with Gasteiger partial charge in [0, 0.05) is 49.2 Å². The van der Waals surface area contributed by atoms with Gasteiger partial charge in [-0.15, -0.1) is 0 Å². The smallest absolute Gasteiger partial charge is 0.252 e. The van der Waals surface area contributed by atoms with Crippen LogP contribution in [0.2, 0.25) is 10.0 Å². The Kier molecular flexibility index (Phi) is 7.77. The second kappa shape index (κ2) is 15.4. The number of para-hydroxylation sites is 2. The second-order valence-corrected chi connectivity index (χ2v) is 20.1. The Balaban J connectivity index is 1.31. The van der Waals surface area contributed by atoms with Crippen molar-refractivity contribution in [3.05, 3.63) is 222 Å². The predicted octanol–water partition coefficient (Wildman–Crippen LogP) is 16.7. The Morgan fingerprint density at radius 3 is 1.83 bits per heavy atom. The molecule has 0 atom stereocenters. The lowest BCUT2D eigenvalue weighted by molar-refractivity contribution is 0.590. The van der Waals surface area contributed by atoms with Crippen molar-refractivity contribution >= 4 is 129 Å². The van der Waals surface area contributed by atoms with Gasteiger partial charge in [0.15, 0.2) is 5.58 Å². The largest absolute Gasteiger partial charge is 0.454 e. The zero-order chi connectivity index (χ0) is 52.2. The molecule has 0 fully saturated rings. The molecule has 0 aliphatic carbocycles. The van der Waals surface area contributed by atoms with E-state index in [9.17, 15) is 8.22 Å². The summed E-state index contributed by atoms with van der Waals surface area (Å²) in [5, 5.41) is 6.59. The van der Waals surface area contributed by atoms with Gasteiger partial charge in [0.1, 0.15) is 5.58 Å². The van der Waals surface area contributed by atoms with Crippen LogP contribution in [0.3, 0.4) is 0 Å². The topological polar surface area (TPSA) is 21.3 Å². The molecule has 2 aliphatic heterocycles. The van der Waals surface area contributed by atoms with Crippen LogP contribution in [0.4, 0.5) is 17.1 Å². The highest BCUT2D eigenvalue weighted by molar-refractivity contribution is 7.00. The highest BCUT2D eigenvalue weighted by Crippen LogP contribution is 2.49. The van der Waals surface area contributed by atoms with Crippen molar-refractivity contribution in [1.82, 2.24) is 4.57 Å². The quantitative estimate of drug-likeness (QED) is 0.165. The van der Waals surface area contributed by atoms with E-state index >= 15 is 0 Å². The third-order valence-electron chi connectivity index (χ3n) is 14.3. The van der Waals surface area contributed by atoms with E-state index in [2.05, 4.69) is 71.3 Å². The number of furan rings is 1. The molecule has 70 heavy (non-hydrogen) atoms. The summed E-state index contributed by atoms with van der Waals surface area (Å²) < 4.78 is 70.7. The number of nitrogens with zero attached hydrogens (tertiary/aromatic N) is 2. The molecule has 0 amide bonds. The summed E-state index contributed by atoms with van der Waals surface area (Å²) >= 11 is 14.8. The lowest BCUT2D eigenvalue weighted by atomic mass is 9.33. The number of aromatic nitrogens is 1. The molecule has 4 heterocycles. The molecule has 12 aromatic rings. The minimum atomic E-state index is -1.08. The molecule has 0 bridgehead atoms. The Morgan fingerprint density at radius 2 is 1.10 bits per heavy atom. The normalized spacial score (nSPS) is 14.1. The average molecular weight is 944 g/mol. The van der Waals surface area contributed by atoms with E-state index in [4.69, 9.17) is 27.6 Å². The number of benzene rings is 10. The standard InChI is InChI=1S/C64H43BCl2N2O/c1-64(2,3)40-35-55-60-56(36-40)69-61-43(39-19-8-5-9-20-39)26-16-27-48(61)46-23-11-10-21-44(46)45-22-12-13-24-47(45)59-52(67)33-32-51(62(59)69)65(60)50-31-29-41(66)37-54(50)68(55)53-34-30-42(38-17-6-4-7-18-38)58-49-25-14-15-28-57(49)70-63(53)58/h4-37H,1-3H3/i29D,31D,32D,33D,35D,36D. The molecule has 2 aromatic heterocycles. The maximum atomic E-state index is 10.9. The van der Waals surface area contributed by atoms with Gasteiger partial charge < -0.3 is 13.9 Å². The fourth-order valence-corrected chi connectivity index (χ4v) is 11.6. The summed E-state index contributed by atoms with van der Waals surface area (Å²) in [5.41, 5.74) is 8.69. The number of halogens is 2. The first-order chi connectivity index (χ1) is 36.8. The maximum absolute atomic E-state index is 10.9. The fourth-order valence-electron chi connectivity index (χ4n) is 11.2. The molecule has 0 saturated carbocycles. The highest BCUT2D eigenvalue weighted by Gasteiger charge is 2.43. The molecule has 2 aliphatic rings. The van der Waals surface area contributed by atoms with Crippen LogP contribution in [0.25, 0.3) is 93.2 Å². The minimum Gasteiger partial charge on any atom is -0.454 e. The van der Waals surface area contributed by atoms with Gasteiger partial charge in [-0.1, -0.05) is 208 Å². The van der Waals surface area contributed by atoms with E-state index in [1.165, 1.54) is 0 Å². The first kappa shape index (κ1) is 35.4. The summed E-state index contributed by atoms with van der Waals surface area (Å²) in [4.78, 5) is 1.96. The van der Waals surface area contributed by atoms with Crippen LogP contribution in [0.5, 0.6) is 0 Å². The summed E-state index contributed by atoms with van der Waals surface area (Å²) in [5.74, 6) is 0. The third kappa shape index (κ3) is 5.97. The van der Waals surface area contributed by atoms with Crippen molar-refractivity contribution in [3.63, 3.8) is 0 Å². The molecule has 14 rings (SSSR count). The molecule has 0 radical (unpaired) electrons. The van der Waals surface area contributed by atoms with Gasteiger partial charge in [-0.2, -0.15) is 0 Å². The third-order valence-corrected chi connectivity index (χ3v) is 14.8. The molecule has 0 saturated heterocycles. The summed E-state index contributed by atoms with van der Waals surface area (Å²) in [6.45, 7) is 4.99. The van der Waals surface area contributed by atoms with Gasteiger partial charge in [-0.3, -0.25) is 0 Å². The van der Waals surface area contributed by atoms with Gasteiger partial charge in [-0.05, 0) is 108 Å². The van der Waals surface area contributed by atoms with Crippen molar-refractivity contribution in [2.24, 2.45) is 0 Å². The van der Waals surface area contributed by atoms with E-state index in [1.54, 1.807) is 6.07 Å². The van der Waals surface area contributed by atoms with Crippen LogP contribution < -0.4 is 21.3 Å². The van der Waals surface area contributed by atoms with E-state index in [0.717, 1.165) is 60.0 Å². The monoisotopic (exact) mass is 942 g/mol. The fraction of sp³-hybridized carbons (Fsp3) is 0.0625. The van der Waals surface area contributed by atoms with Gasteiger partial charge >= 0.3 is 0 Å². The molecule has 0 N–H and O–H groups in total. The zero-order valence-electron chi connectivity index (χ0n) is 44.3. The summed E-state index contributed by atoms with van der Waals surface area (Å²) in [6.07, 6.45) is 0. The van der Waals surface area contributed by atoms with Crippen molar-refractivity contribution in [3.8, 4) is 27.9 Å². The van der Waals surface area contributed by atoms with E-state index in [1.807, 2.05) is 123 Å². The molecular weight excluding hydrogens is 894 g/mol. The molecular formula is C64H43BCl2N2O. The van der Waals surface area contributed by atoms with E-state index in [-0.39, 0.29) is 46.3 Å². The predicted molar refractivity (Wildman–Crippen MR) is 300 cm³/mol. The van der Waals surface area contributed by atoms with E-state index in [0.29, 0.717) is 72.3 Å². The first-order valence-corrected chi connectivity index (χ1v) is 24.3. The van der Waals surface area contributed by atoms with Crippen LogP contribution in [0, 0.1) is 0 Å². The molecule has 0 unspecified atom stereocenters. The van der Waals surface area contributed by atoms with Crippen LogP contribution in [0.1, 0.15) is 34.6 Å². The van der Waals surface area contributed by atoms with Gasteiger partial charge in [0.2, 0.25) is 0 Å². The molecule has 3 nitrogen and oxygen atoms in total. The maximum Gasteiger partial charge on any atom is 0.252 e. The Morgan fingerprint density at radius 1 is 0.500 bits per heavy atom. The van der Waals surface area contributed by atoms with Crippen molar-refractivity contribution in [2.45, 2.75) is 26.2 Å². The Labute approximate surface area is 424 Å². The molecule has 10 aromatic carbocycles. The van der Waals surface area contributed by atoms with Gasteiger partial charge in [0.25, 0.3) is 6.71 Å². The lowest BCUT2D eigenvalue weighted by Crippen LogP contribution is -2.60. The number of anilines is 3. The average Bonchev–Trinajstić information content (AvgIpc) is 3.98. The summed E-state index contributed by atoms with van der Waals surface area (Å²) in [6, 6.07) is 55.8. The number of hydrogen-bond acceptors (Lipinski definition) is 2. The van der Waals surface area contributed by atoms with Crippen molar-refractivity contribution in [1.29, 1.82) is 0 Å². The zero-order valence-corrected chi connectivity index (χ0v) is 39.8. The molecule has 0 spiro atoms. The summed E-state index contributed by atoms with van der Waals surface area (Å²) in [7, 11) is 0. The molecule has 6 heteroatoms. The lowest BCUT2D eigenvalue weighted by Gasteiger charge is -2.42. The van der Waals surface area contributed by atoms with Gasteiger partial charge in [-0.25, -0.2) is 0 Å². The number of hydrogen-bond donors (Lipinski definition) is 0. The highest BCUT2D eigenvalue weighted by atomic mass is 35.5. The first-order valence-electron chi connectivity index (χ1n) is 26.5. The number of rotatable bonds is 3. The van der Waals surface area contributed by atoms with Gasteiger partial charge in [0.05, 0.1) is 30.0 Å². The Bertz CT molecular complexity index is 4630. The van der Waals surface area contributed by atoms with Crippen LogP contribution in [0.15, 0.2) is 211 Å².